The van der Waals surface area contributed by atoms with E-state index in [2.05, 4.69) is 5.32 Å². The van der Waals surface area contributed by atoms with Crippen molar-refractivity contribution in [3.05, 3.63) is 29.0 Å². The van der Waals surface area contributed by atoms with E-state index >= 15 is 0 Å². The molecular weight excluding hydrogens is 325 g/mol. The lowest BCUT2D eigenvalue weighted by molar-refractivity contribution is -0.136. The number of hydrogen-bond donors (Lipinski definition) is 1. The van der Waals surface area contributed by atoms with E-state index in [4.69, 9.17) is 16.3 Å². The maximum absolute atomic E-state index is 13.0. The van der Waals surface area contributed by atoms with Crippen LogP contribution in [0, 0.1) is 5.82 Å². The number of morpholine rings is 1. The largest absolute Gasteiger partial charge is 0.378 e. The Morgan fingerprint density at radius 1 is 1.35 bits per heavy atom. The molecule has 6 nitrogen and oxygen atoms in total. The van der Waals surface area contributed by atoms with Crippen molar-refractivity contribution in [2.45, 2.75) is 0 Å². The average molecular weight is 344 g/mol. The van der Waals surface area contributed by atoms with Crippen molar-refractivity contribution in [1.82, 2.24) is 9.80 Å². The molecule has 1 heterocycles. The highest BCUT2D eigenvalue weighted by Crippen LogP contribution is 2.22. The summed E-state index contributed by atoms with van der Waals surface area (Å²) < 4.78 is 18.2. The van der Waals surface area contributed by atoms with Gasteiger partial charge >= 0.3 is 0 Å². The molecule has 1 aromatic rings. The second-order valence-corrected chi connectivity index (χ2v) is 5.74. The number of carbonyl (C=O) groups excluding carboxylic acids is 2. The molecule has 1 aromatic carbocycles. The second-order valence-electron chi connectivity index (χ2n) is 5.34. The van der Waals surface area contributed by atoms with E-state index in [1.54, 1.807) is 16.8 Å². The van der Waals surface area contributed by atoms with Crippen molar-refractivity contribution in [2.24, 2.45) is 0 Å². The quantitative estimate of drug-likeness (QED) is 0.873. The summed E-state index contributed by atoms with van der Waals surface area (Å²) >= 11 is 5.86. The van der Waals surface area contributed by atoms with Crippen LogP contribution >= 0.6 is 11.6 Å². The molecule has 1 saturated heterocycles. The lowest BCUT2D eigenvalue weighted by atomic mass is 10.3. The zero-order valence-corrected chi connectivity index (χ0v) is 13.6. The zero-order chi connectivity index (χ0) is 16.8. The lowest BCUT2D eigenvalue weighted by Gasteiger charge is -2.28. The lowest BCUT2D eigenvalue weighted by Crippen LogP contribution is -2.46. The fraction of sp³-hybridized carbons (Fsp3) is 0.467. The first-order valence-corrected chi connectivity index (χ1v) is 7.62. The van der Waals surface area contributed by atoms with E-state index in [1.807, 2.05) is 0 Å². The third-order valence-corrected chi connectivity index (χ3v) is 3.70. The molecule has 8 heteroatoms. The summed E-state index contributed by atoms with van der Waals surface area (Å²) in [4.78, 5) is 27.4. The Labute approximate surface area is 139 Å². The monoisotopic (exact) mass is 343 g/mol. The van der Waals surface area contributed by atoms with Crippen LogP contribution in [-0.4, -0.2) is 68.1 Å². The van der Waals surface area contributed by atoms with E-state index in [1.165, 1.54) is 12.1 Å². The van der Waals surface area contributed by atoms with E-state index in [0.29, 0.717) is 32.0 Å². The second kappa shape index (κ2) is 8.24. The van der Waals surface area contributed by atoms with Gasteiger partial charge in [-0.1, -0.05) is 11.6 Å². The summed E-state index contributed by atoms with van der Waals surface area (Å²) in [6.45, 7) is 2.40. The zero-order valence-electron chi connectivity index (χ0n) is 12.8. The van der Waals surface area contributed by atoms with Crippen LogP contribution in [0.1, 0.15) is 0 Å². The molecule has 0 spiro atoms. The van der Waals surface area contributed by atoms with Gasteiger partial charge in [-0.15, -0.1) is 0 Å². The highest BCUT2D eigenvalue weighted by atomic mass is 35.5. The molecular formula is C15H19ClFN3O3. The Hall–Kier alpha value is -1.70. The van der Waals surface area contributed by atoms with Crippen molar-refractivity contribution in [3.63, 3.8) is 0 Å². The number of nitrogens with one attached hydrogen (secondary N) is 1. The van der Waals surface area contributed by atoms with Crippen LogP contribution in [0.15, 0.2) is 18.2 Å². The van der Waals surface area contributed by atoms with E-state index in [-0.39, 0.29) is 29.9 Å². The molecule has 1 aliphatic rings. The van der Waals surface area contributed by atoms with Crippen molar-refractivity contribution in [2.75, 3.05) is 51.8 Å². The molecule has 0 radical (unpaired) electrons. The Morgan fingerprint density at radius 2 is 2.04 bits per heavy atom. The molecule has 0 aliphatic carbocycles. The van der Waals surface area contributed by atoms with Crippen LogP contribution in [-0.2, 0) is 14.3 Å². The molecule has 2 rings (SSSR count). The Kier molecular flexibility index (Phi) is 6.32. The SMILES string of the molecule is CN(CC(=O)Nc1ccc(F)cc1Cl)CC(=O)N1CCOCC1. The standard InChI is InChI=1S/C15H19ClFN3O3/c1-19(10-15(22)20-4-6-23-7-5-20)9-14(21)18-13-3-2-11(17)8-12(13)16/h2-3,8H,4-7,9-10H2,1H3,(H,18,21). The molecule has 23 heavy (non-hydrogen) atoms. The van der Waals surface area contributed by atoms with Gasteiger partial charge in [-0.05, 0) is 25.2 Å². The predicted octanol–water partition coefficient (Wildman–Crippen LogP) is 1.21. The number of amides is 2. The van der Waals surface area contributed by atoms with Gasteiger partial charge in [0, 0.05) is 13.1 Å². The Bertz CT molecular complexity index is 579. The summed E-state index contributed by atoms with van der Waals surface area (Å²) in [5.74, 6) is -0.833. The van der Waals surface area contributed by atoms with Gasteiger partial charge in [-0.25, -0.2) is 4.39 Å². The summed E-state index contributed by atoms with van der Waals surface area (Å²) in [7, 11) is 1.68. The fourth-order valence-corrected chi connectivity index (χ4v) is 2.44. The number of likely N-dealkylation sites (N-methyl/N-ethyl adjacent to an activating group) is 1. The number of carbonyl (C=O) groups is 2. The number of benzene rings is 1. The first kappa shape index (κ1) is 17.7. The Morgan fingerprint density at radius 3 is 2.70 bits per heavy atom. The number of halogens is 2. The first-order chi connectivity index (χ1) is 11.0. The normalized spacial score (nSPS) is 14.9. The summed E-state index contributed by atoms with van der Waals surface area (Å²) in [6, 6.07) is 3.74. The molecule has 2 amide bonds. The molecule has 0 unspecified atom stereocenters. The van der Waals surface area contributed by atoms with Gasteiger partial charge in [-0.3, -0.25) is 14.5 Å². The summed E-state index contributed by atoms with van der Waals surface area (Å²) in [5, 5.41) is 2.73. The number of ether oxygens (including phenoxy) is 1. The van der Waals surface area contributed by atoms with Gasteiger partial charge in [-0.2, -0.15) is 0 Å². The van der Waals surface area contributed by atoms with Crippen molar-refractivity contribution < 1.29 is 18.7 Å². The summed E-state index contributed by atoms with van der Waals surface area (Å²) in [6.07, 6.45) is 0. The highest BCUT2D eigenvalue weighted by Gasteiger charge is 2.19. The minimum absolute atomic E-state index is 0.0315. The summed E-state index contributed by atoms with van der Waals surface area (Å²) in [5.41, 5.74) is 0.339. The van der Waals surface area contributed by atoms with E-state index < -0.39 is 5.82 Å². The van der Waals surface area contributed by atoms with Gasteiger partial charge in [0.1, 0.15) is 5.82 Å². The fourth-order valence-electron chi connectivity index (χ4n) is 2.23. The average Bonchev–Trinajstić information content (AvgIpc) is 2.50. The number of nitrogens with zero attached hydrogens (tertiary/aromatic N) is 2. The third kappa shape index (κ3) is 5.46. The minimum Gasteiger partial charge on any atom is -0.378 e. The minimum atomic E-state index is -0.471. The maximum atomic E-state index is 13.0. The molecule has 1 N–H and O–H groups in total. The molecule has 1 fully saturated rings. The molecule has 0 atom stereocenters. The topological polar surface area (TPSA) is 61.9 Å². The predicted molar refractivity (Wildman–Crippen MR) is 84.9 cm³/mol. The number of anilines is 1. The van der Waals surface area contributed by atoms with Crippen molar-refractivity contribution in [3.8, 4) is 0 Å². The molecule has 0 bridgehead atoms. The Balaban J connectivity index is 1.81. The van der Waals surface area contributed by atoms with Gasteiger partial charge < -0.3 is 15.0 Å². The maximum Gasteiger partial charge on any atom is 0.238 e. The molecule has 0 saturated carbocycles. The van der Waals surface area contributed by atoms with Crippen molar-refractivity contribution in [1.29, 1.82) is 0 Å². The smallest absolute Gasteiger partial charge is 0.238 e. The molecule has 0 aromatic heterocycles. The van der Waals surface area contributed by atoms with Crippen LogP contribution in [0.5, 0.6) is 0 Å². The highest BCUT2D eigenvalue weighted by molar-refractivity contribution is 6.33. The molecule has 1 aliphatic heterocycles. The van der Waals surface area contributed by atoms with Crippen LogP contribution < -0.4 is 5.32 Å². The van der Waals surface area contributed by atoms with Gasteiger partial charge in [0.25, 0.3) is 0 Å². The van der Waals surface area contributed by atoms with Gasteiger partial charge in [0.05, 0.1) is 37.0 Å². The van der Waals surface area contributed by atoms with Crippen LogP contribution in [0.3, 0.4) is 0 Å². The van der Waals surface area contributed by atoms with Crippen LogP contribution in [0.25, 0.3) is 0 Å². The van der Waals surface area contributed by atoms with Gasteiger partial charge in [0.15, 0.2) is 0 Å². The van der Waals surface area contributed by atoms with Crippen LogP contribution in [0.4, 0.5) is 10.1 Å². The third-order valence-electron chi connectivity index (χ3n) is 3.39. The number of rotatable bonds is 5. The first-order valence-electron chi connectivity index (χ1n) is 7.24. The number of hydrogen-bond acceptors (Lipinski definition) is 4. The van der Waals surface area contributed by atoms with Gasteiger partial charge in [0.2, 0.25) is 11.8 Å². The van der Waals surface area contributed by atoms with E-state index in [0.717, 1.165) is 6.07 Å². The van der Waals surface area contributed by atoms with Crippen LogP contribution in [0.2, 0.25) is 5.02 Å². The molecule has 126 valence electrons. The van der Waals surface area contributed by atoms with Crippen molar-refractivity contribution >= 4 is 29.1 Å². The van der Waals surface area contributed by atoms with E-state index in [9.17, 15) is 14.0 Å².